The smallest absolute Gasteiger partial charge is 0.233 e. The summed E-state index contributed by atoms with van der Waals surface area (Å²) in [6.07, 6.45) is 1.90. The highest BCUT2D eigenvalue weighted by molar-refractivity contribution is 7.13. The molecule has 0 radical (unpaired) electrons. The summed E-state index contributed by atoms with van der Waals surface area (Å²) < 4.78 is 1.93. The Hall–Kier alpha value is -1.27. The van der Waals surface area contributed by atoms with E-state index >= 15 is 0 Å². The maximum atomic E-state index is 4.60. The Labute approximate surface area is 124 Å². The van der Waals surface area contributed by atoms with Gasteiger partial charge in [0.15, 0.2) is 0 Å². The van der Waals surface area contributed by atoms with E-state index in [2.05, 4.69) is 54.4 Å². The van der Waals surface area contributed by atoms with Crippen LogP contribution in [0.25, 0.3) is 5.13 Å². The lowest BCUT2D eigenvalue weighted by atomic mass is 10.2. The van der Waals surface area contributed by atoms with Crippen molar-refractivity contribution in [1.29, 1.82) is 0 Å². The number of aryl methyl sites for hydroxylation is 2. The van der Waals surface area contributed by atoms with Crippen LogP contribution in [0.3, 0.4) is 0 Å². The minimum absolute atomic E-state index is 0.646. The van der Waals surface area contributed by atoms with Gasteiger partial charge in [0.05, 0.1) is 5.69 Å². The van der Waals surface area contributed by atoms with Gasteiger partial charge in [-0.25, -0.2) is 4.68 Å². The van der Waals surface area contributed by atoms with E-state index in [9.17, 15) is 0 Å². The van der Waals surface area contributed by atoms with Crippen molar-refractivity contribution in [2.45, 2.75) is 47.1 Å². The molecule has 0 saturated heterocycles. The molecule has 110 valence electrons. The summed E-state index contributed by atoms with van der Waals surface area (Å²) in [6.45, 7) is 10.4. The van der Waals surface area contributed by atoms with Gasteiger partial charge < -0.3 is 5.32 Å². The number of hydrogen-bond donors (Lipinski definition) is 1. The Morgan fingerprint density at radius 3 is 2.70 bits per heavy atom. The van der Waals surface area contributed by atoms with Gasteiger partial charge in [-0.1, -0.05) is 39.0 Å². The van der Waals surface area contributed by atoms with E-state index < -0.39 is 0 Å². The number of rotatable bonds is 7. The highest BCUT2D eigenvalue weighted by Gasteiger charge is 2.12. The van der Waals surface area contributed by atoms with Crippen molar-refractivity contribution >= 4 is 11.3 Å². The largest absolute Gasteiger partial charge is 0.310 e. The minimum atomic E-state index is 0.646. The van der Waals surface area contributed by atoms with Gasteiger partial charge in [-0.3, -0.25) is 0 Å². The molecule has 0 saturated carbocycles. The zero-order valence-corrected chi connectivity index (χ0v) is 13.5. The van der Waals surface area contributed by atoms with Gasteiger partial charge in [0.25, 0.3) is 0 Å². The molecule has 0 unspecified atom stereocenters. The molecule has 0 aliphatic carbocycles. The number of nitrogens with one attached hydrogen (secondary N) is 1. The molecule has 0 fully saturated rings. The SMILES string of the molecule is CCc1cc(CC)n(-c2nnc(CNCC(C)C)s2)n1. The van der Waals surface area contributed by atoms with E-state index in [1.165, 1.54) is 5.69 Å². The summed E-state index contributed by atoms with van der Waals surface area (Å²) in [4.78, 5) is 0. The van der Waals surface area contributed by atoms with Crippen LogP contribution in [0.5, 0.6) is 0 Å². The molecule has 6 heteroatoms. The maximum absolute atomic E-state index is 4.60. The van der Waals surface area contributed by atoms with Crippen molar-refractivity contribution in [2.24, 2.45) is 5.92 Å². The standard InChI is InChI=1S/C14H23N5S/c1-5-11-7-12(6-2)19(18-11)14-17-16-13(20-14)9-15-8-10(3)4/h7,10,15H,5-6,8-9H2,1-4H3. The summed E-state index contributed by atoms with van der Waals surface area (Å²) in [7, 11) is 0. The Balaban J connectivity index is 2.10. The maximum Gasteiger partial charge on any atom is 0.233 e. The van der Waals surface area contributed by atoms with Gasteiger partial charge in [0, 0.05) is 12.2 Å². The van der Waals surface area contributed by atoms with Gasteiger partial charge in [0.2, 0.25) is 5.13 Å². The summed E-state index contributed by atoms with van der Waals surface area (Å²) in [5.41, 5.74) is 2.30. The van der Waals surface area contributed by atoms with Crippen LogP contribution in [0.15, 0.2) is 6.07 Å². The number of nitrogens with zero attached hydrogens (tertiary/aromatic N) is 4. The topological polar surface area (TPSA) is 55.6 Å². The lowest BCUT2D eigenvalue weighted by molar-refractivity contribution is 0.550. The second kappa shape index (κ2) is 6.95. The normalized spacial score (nSPS) is 11.4. The first-order valence-electron chi connectivity index (χ1n) is 7.25. The van der Waals surface area contributed by atoms with Gasteiger partial charge in [-0.2, -0.15) is 5.10 Å². The first-order chi connectivity index (χ1) is 9.63. The molecule has 0 amide bonds. The van der Waals surface area contributed by atoms with Crippen LogP contribution in [0.4, 0.5) is 0 Å². The third-order valence-electron chi connectivity index (χ3n) is 3.02. The monoisotopic (exact) mass is 293 g/mol. The molecule has 0 spiro atoms. The van der Waals surface area contributed by atoms with Crippen LogP contribution in [0.2, 0.25) is 0 Å². The Kier molecular flexibility index (Phi) is 5.25. The molecular weight excluding hydrogens is 270 g/mol. The van der Waals surface area contributed by atoms with E-state index in [1.807, 2.05) is 4.68 Å². The van der Waals surface area contributed by atoms with Gasteiger partial charge in [0.1, 0.15) is 5.01 Å². The van der Waals surface area contributed by atoms with E-state index in [-0.39, 0.29) is 0 Å². The highest BCUT2D eigenvalue weighted by Crippen LogP contribution is 2.18. The average Bonchev–Trinajstić information content (AvgIpc) is 3.03. The van der Waals surface area contributed by atoms with E-state index in [4.69, 9.17) is 0 Å². The molecule has 0 aliphatic rings. The van der Waals surface area contributed by atoms with E-state index in [0.717, 1.165) is 41.8 Å². The number of hydrogen-bond acceptors (Lipinski definition) is 5. The van der Waals surface area contributed by atoms with Gasteiger partial charge >= 0.3 is 0 Å². The molecule has 5 nitrogen and oxygen atoms in total. The van der Waals surface area contributed by atoms with Crippen molar-refractivity contribution in [3.63, 3.8) is 0 Å². The van der Waals surface area contributed by atoms with Crippen LogP contribution in [0.1, 0.15) is 44.1 Å². The van der Waals surface area contributed by atoms with Crippen molar-refractivity contribution in [3.8, 4) is 5.13 Å². The molecule has 1 N–H and O–H groups in total. The summed E-state index contributed by atoms with van der Waals surface area (Å²) in [5, 5.41) is 18.4. The zero-order chi connectivity index (χ0) is 14.5. The van der Waals surface area contributed by atoms with Crippen LogP contribution < -0.4 is 5.32 Å². The lowest BCUT2D eigenvalue weighted by Gasteiger charge is -2.04. The van der Waals surface area contributed by atoms with Crippen molar-refractivity contribution in [1.82, 2.24) is 25.3 Å². The molecular formula is C14H23N5S. The first-order valence-corrected chi connectivity index (χ1v) is 8.07. The van der Waals surface area contributed by atoms with Crippen LogP contribution in [-0.2, 0) is 19.4 Å². The molecule has 20 heavy (non-hydrogen) atoms. The second-order valence-corrected chi connectivity index (χ2v) is 6.29. The Morgan fingerprint density at radius 1 is 1.25 bits per heavy atom. The Morgan fingerprint density at radius 2 is 2.05 bits per heavy atom. The predicted molar refractivity (Wildman–Crippen MR) is 82.3 cm³/mol. The molecule has 2 rings (SSSR count). The predicted octanol–water partition coefficient (Wildman–Crippen LogP) is 2.59. The second-order valence-electron chi connectivity index (χ2n) is 5.25. The lowest BCUT2D eigenvalue weighted by Crippen LogP contribution is -2.18. The van der Waals surface area contributed by atoms with Crippen molar-refractivity contribution < 1.29 is 0 Å². The number of aromatic nitrogens is 4. The van der Waals surface area contributed by atoms with Gasteiger partial charge in [-0.05, 0) is 31.4 Å². The summed E-state index contributed by atoms with van der Waals surface area (Å²) in [6, 6.07) is 2.15. The molecule has 2 aromatic rings. The van der Waals surface area contributed by atoms with Crippen LogP contribution in [-0.4, -0.2) is 26.5 Å². The van der Waals surface area contributed by atoms with Gasteiger partial charge in [-0.15, -0.1) is 10.2 Å². The fraction of sp³-hybridized carbons (Fsp3) is 0.643. The van der Waals surface area contributed by atoms with Crippen LogP contribution >= 0.6 is 11.3 Å². The highest BCUT2D eigenvalue weighted by atomic mass is 32.1. The third kappa shape index (κ3) is 3.64. The first kappa shape index (κ1) is 15.1. The molecule has 2 heterocycles. The molecule has 0 aliphatic heterocycles. The quantitative estimate of drug-likeness (QED) is 0.852. The molecule has 0 atom stereocenters. The summed E-state index contributed by atoms with van der Waals surface area (Å²) >= 11 is 1.61. The molecule has 0 aromatic carbocycles. The average molecular weight is 293 g/mol. The van der Waals surface area contributed by atoms with Crippen molar-refractivity contribution in [2.75, 3.05) is 6.54 Å². The van der Waals surface area contributed by atoms with E-state index in [0.29, 0.717) is 5.92 Å². The third-order valence-corrected chi connectivity index (χ3v) is 3.92. The van der Waals surface area contributed by atoms with Crippen molar-refractivity contribution in [3.05, 3.63) is 22.5 Å². The van der Waals surface area contributed by atoms with Crippen LogP contribution in [0, 0.1) is 5.92 Å². The van der Waals surface area contributed by atoms with E-state index in [1.54, 1.807) is 11.3 Å². The Bertz CT molecular complexity index is 544. The summed E-state index contributed by atoms with van der Waals surface area (Å²) in [5.74, 6) is 0.646. The fourth-order valence-electron chi connectivity index (χ4n) is 1.93. The fourth-order valence-corrected chi connectivity index (χ4v) is 2.73. The zero-order valence-electron chi connectivity index (χ0n) is 12.7. The molecule has 2 aromatic heterocycles. The molecule has 0 bridgehead atoms. The minimum Gasteiger partial charge on any atom is -0.310 e.